The van der Waals surface area contributed by atoms with Gasteiger partial charge in [0, 0.05) is 31.8 Å². The molecule has 3 aromatic rings. The molecule has 0 N–H and O–H groups in total. The van der Waals surface area contributed by atoms with Crippen LogP contribution in [0.25, 0.3) is 0 Å². The van der Waals surface area contributed by atoms with Crippen LogP contribution in [-0.2, 0) is 11.3 Å². The highest BCUT2D eigenvalue weighted by Crippen LogP contribution is 2.37. The Balaban J connectivity index is 1.57. The molecule has 142 valence electrons. The molecule has 2 heterocycles. The first-order valence-corrected chi connectivity index (χ1v) is 9.14. The molecule has 1 aromatic heterocycles. The summed E-state index contributed by atoms with van der Waals surface area (Å²) in [5.41, 5.74) is 2.87. The smallest absolute Gasteiger partial charge is 0.231 e. The minimum atomic E-state index is -0.0764. The van der Waals surface area contributed by atoms with Gasteiger partial charge in [0.2, 0.25) is 12.7 Å². The molecular formula is C22H21N3O3. The van der Waals surface area contributed by atoms with Gasteiger partial charge in [0.1, 0.15) is 0 Å². The van der Waals surface area contributed by atoms with Gasteiger partial charge in [0.05, 0.1) is 18.4 Å². The Morgan fingerprint density at radius 1 is 1.07 bits per heavy atom. The number of ether oxygens (including phenoxy) is 2. The van der Waals surface area contributed by atoms with Crippen LogP contribution in [-0.4, -0.2) is 34.6 Å². The van der Waals surface area contributed by atoms with Crippen LogP contribution in [0.4, 0.5) is 0 Å². The molecular weight excluding hydrogens is 354 g/mol. The third-order valence-corrected chi connectivity index (χ3v) is 4.82. The Morgan fingerprint density at radius 3 is 2.68 bits per heavy atom. The molecule has 1 atom stereocenters. The van der Waals surface area contributed by atoms with Crippen LogP contribution in [0.2, 0.25) is 0 Å². The van der Waals surface area contributed by atoms with Crippen molar-refractivity contribution in [3.05, 3.63) is 83.9 Å². The minimum absolute atomic E-state index is 0.0390. The average Bonchev–Trinajstić information content (AvgIpc) is 3.21. The standard InChI is InChI=1S/C22H21N3O3/c1-25(14-18-13-23-9-10-24-18)22(26)12-19(16-5-3-2-4-6-16)17-7-8-20-21(11-17)28-15-27-20/h2-11,13,19H,12,14-15H2,1H3/t19-/m1/s1. The third-order valence-electron chi connectivity index (χ3n) is 4.82. The van der Waals surface area contributed by atoms with Gasteiger partial charge in [-0.25, -0.2) is 0 Å². The van der Waals surface area contributed by atoms with E-state index in [1.165, 1.54) is 0 Å². The van der Waals surface area contributed by atoms with Crippen molar-refractivity contribution < 1.29 is 14.3 Å². The summed E-state index contributed by atoms with van der Waals surface area (Å²) in [5, 5.41) is 0. The van der Waals surface area contributed by atoms with Gasteiger partial charge < -0.3 is 14.4 Å². The number of amides is 1. The lowest BCUT2D eigenvalue weighted by Gasteiger charge is -2.22. The second-order valence-electron chi connectivity index (χ2n) is 6.73. The van der Waals surface area contributed by atoms with E-state index in [-0.39, 0.29) is 18.6 Å². The average molecular weight is 375 g/mol. The van der Waals surface area contributed by atoms with Crippen LogP contribution in [0, 0.1) is 0 Å². The Labute approximate surface area is 163 Å². The molecule has 0 radical (unpaired) electrons. The molecule has 6 nitrogen and oxygen atoms in total. The summed E-state index contributed by atoms with van der Waals surface area (Å²) in [4.78, 5) is 23.0. The second-order valence-corrected chi connectivity index (χ2v) is 6.73. The summed E-state index contributed by atoms with van der Waals surface area (Å²) in [6.45, 7) is 0.657. The molecule has 28 heavy (non-hydrogen) atoms. The van der Waals surface area contributed by atoms with Gasteiger partial charge in [-0.15, -0.1) is 0 Å². The lowest BCUT2D eigenvalue weighted by atomic mass is 9.88. The van der Waals surface area contributed by atoms with Crippen LogP contribution >= 0.6 is 0 Å². The van der Waals surface area contributed by atoms with E-state index in [1.807, 2.05) is 48.5 Å². The highest BCUT2D eigenvalue weighted by Gasteiger charge is 2.23. The first kappa shape index (κ1) is 18.0. The number of carbonyl (C=O) groups is 1. The quantitative estimate of drug-likeness (QED) is 0.661. The number of fused-ring (bicyclic) bond motifs is 1. The molecule has 0 spiro atoms. The molecule has 0 unspecified atom stereocenters. The Bertz CT molecular complexity index is 948. The van der Waals surface area contributed by atoms with E-state index >= 15 is 0 Å². The molecule has 0 bridgehead atoms. The molecule has 1 aliphatic rings. The van der Waals surface area contributed by atoms with E-state index in [2.05, 4.69) is 9.97 Å². The summed E-state index contributed by atoms with van der Waals surface area (Å²) < 4.78 is 10.9. The summed E-state index contributed by atoms with van der Waals surface area (Å²) in [6, 6.07) is 15.9. The third kappa shape index (κ3) is 3.96. The van der Waals surface area contributed by atoms with Crippen molar-refractivity contribution in [1.82, 2.24) is 14.9 Å². The predicted molar refractivity (Wildman–Crippen MR) is 104 cm³/mol. The first-order valence-electron chi connectivity index (χ1n) is 9.14. The molecule has 2 aromatic carbocycles. The van der Waals surface area contributed by atoms with E-state index in [4.69, 9.17) is 9.47 Å². The van der Waals surface area contributed by atoms with Crippen LogP contribution in [0.3, 0.4) is 0 Å². The number of hydrogen-bond acceptors (Lipinski definition) is 5. The van der Waals surface area contributed by atoms with Crippen molar-refractivity contribution in [3.8, 4) is 11.5 Å². The van der Waals surface area contributed by atoms with Gasteiger partial charge in [0.15, 0.2) is 11.5 Å². The molecule has 0 aliphatic carbocycles. The zero-order chi connectivity index (χ0) is 19.3. The summed E-state index contributed by atoms with van der Waals surface area (Å²) in [5.74, 6) is 1.42. The number of carbonyl (C=O) groups excluding carboxylic acids is 1. The minimum Gasteiger partial charge on any atom is -0.454 e. The van der Waals surface area contributed by atoms with Crippen molar-refractivity contribution >= 4 is 5.91 Å². The summed E-state index contributed by atoms with van der Waals surface area (Å²) >= 11 is 0. The van der Waals surface area contributed by atoms with Crippen molar-refractivity contribution in [3.63, 3.8) is 0 Å². The fourth-order valence-electron chi connectivity index (χ4n) is 3.32. The summed E-state index contributed by atoms with van der Waals surface area (Å²) in [7, 11) is 1.79. The highest BCUT2D eigenvalue weighted by molar-refractivity contribution is 5.77. The van der Waals surface area contributed by atoms with Crippen molar-refractivity contribution in [2.24, 2.45) is 0 Å². The van der Waals surface area contributed by atoms with E-state index in [1.54, 1.807) is 30.5 Å². The first-order chi connectivity index (χ1) is 13.7. The number of aromatic nitrogens is 2. The maximum atomic E-state index is 13.0. The molecule has 0 saturated carbocycles. The van der Waals surface area contributed by atoms with Crippen LogP contribution in [0.5, 0.6) is 11.5 Å². The number of benzene rings is 2. The largest absolute Gasteiger partial charge is 0.454 e. The second kappa shape index (κ2) is 8.08. The van der Waals surface area contributed by atoms with E-state index < -0.39 is 0 Å². The van der Waals surface area contributed by atoms with E-state index in [9.17, 15) is 4.79 Å². The van der Waals surface area contributed by atoms with E-state index in [0.29, 0.717) is 13.0 Å². The van der Waals surface area contributed by atoms with Crippen molar-refractivity contribution in [2.75, 3.05) is 13.8 Å². The Hall–Kier alpha value is -3.41. The summed E-state index contributed by atoms with van der Waals surface area (Å²) in [6.07, 6.45) is 5.28. The molecule has 4 rings (SSSR count). The maximum Gasteiger partial charge on any atom is 0.231 e. The number of nitrogens with zero attached hydrogens (tertiary/aromatic N) is 3. The SMILES string of the molecule is CN(Cc1cnccn1)C(=O)C[C@H](c1ccccc1)c1ccc2c(c1)OCO2. The lowest BCUT2D eigenvalue weighted by Crippen LogP contribution is -2.28. The van der Waals surface area contributed by atoms with Crippen LogP contribution < -0.4 is 9.47 Å². The fraction of sp³-hybridized carbons (Fsp3) is 0.227. The van der Waals surface area contributed by atoms with Gasteiger partial charge in [-0.1, -0.05) is 36.4 Å². The monoisotopic (exact) mass is 375 g/mol. The van der Waals surface area contributed by atoms with Gasteiger partial charge in [-0.05, 0) is 23.3 Å². The topological polar surface area (TPSA) is 64.6 Å². The Kier molecular flexibility index (Phi) is 5.19. The maximum absolute atomic E-state index is 13.0. The Morgan fingerprint density at radius 2 is 1.89 bits per heavy atom. The molecule has 6 heteroatoms. The van der Waals surface area contributed by atoms with Crippen LogP contribution in [0.15, 0.2) is 67.1 Å². The zero-order valence-electron chi connectivity index (χ0n) is 15.6. The number of hydrogen-bond donors (Lipinski definition) is 0. The fourth-order valence-corrected chi connectivity index (χ4v) is 3.32. The van der Waals surface area contributed by atoms with Gasteiger partial charge in [0.25, 0.3) is 0 Å². The van der Waals surface area contributed by atoms with Gasteiger partial charge >= 0.3 is 0 Å². The van der Waals surface area contributed by atoms with Crippen molar-refractivity contribution in [2.45, 2.75) is 18.9 Å². The van der Waals surface area contributed by atoms with E-state index in [0.717, 1.165) is 28.3 Å². The lowest BCUT2D eigenvalue weighted by molar-refractivity contribution is -0.130. The molecule has 1 aliphatic heterocycles. The molecule has 0 fully saturated rings. The molecule has 0 saturated heterocycles. The number of rotatable bonds is 6. The molecule has 1 amide bonds. The zero-order valence-corrected chi connectivity index (χ0v) is 15.6. The normalized spacial score (nSPS) is 13.2. The predicted octanol–water partition coefficient (Wildman–Crippen LogP) is 3.39. The van der Waals surface area contributed by atoms with Gasteiger partial charge in [-0.3, -0.25) is 14.8 Å². The van der Waals surface area contributed by atoms with Crippen LogP contribution in [0.1, 0.15) is 29.2 Å². The highest BCUT2D eigenvalue weighted by atomic mass is 16.7. The van der Waals surface area contributed by atoms with Gasteiger partial charge in [-0.2, -0.15) is 0 Å². The van der Waals surface area contributed by atoms with Crippen molar-refractivity contribution in [1.29, 1.82) is 0 Å².